The van der Waals surface area contributed by atoms with Gasteiger partial charge in [-0.3, -0.25) is 14.8 Å². The highest BCUT2D eigenvalue weighted by atomic mass is 127. The van der Waals surface area contributed by atoms with Crippen LogP contribution in [0.3, 0.4) is 0 Å². The van der Waals surface area contributed by atoms with Crippen molar-refractivity contribution < 1.29 is 4.79 Å². The Kier molecular flexibility index (Phi) is 13.0. The van der Waals surface area contributed by atoms with Crippen LogP contribution in [0, 0.1) is 0 Å². The Morgan fingerprint density at radius 1 is 1.32 bits per heavy atom. The summed E-state index contributed by atoms with van der Waals surface area (Å²) in [5.41, 5.74) is 0.568. The third-order valence-corrected chi connectivity index (χ3v) is 3.13. The molecule has 1 aromatic heterocycles. The minimum atomic E-state index is -0.116. The number of hydrogen-bond acceptors (Lipinski definition) is 4. The summed E-state index contributed by atoms with van der Waals surface area (Å²) in [5.74, 6) is 1.66. The molecule has 0 aliphatic carbocycles. The first-order valence-electron chi connectivity index (χ1n) is 6.97. The van der Waals surface area contributed by atoms with Gasteiger partial charge in [-0.1, -0.05) is 0 Å². The SMILES string of the molecule is CCNC(=NCCSC)NCCNC(=O)c1cccnc1.I. The number of halogens is 1. The van der Waals surface area contributed by atoms with Crippen molar-refractivity contribution in [3.63, 3.8) is 0 Å². The maximum atomic E-state index is 11.8. The zero-order valence-corrected chi connectivity index (χ0v) is 16.1. The molecule has 0 fully saturated rings. The molecule has 1 rings (SSSR count). The second-order valence-corrected chi connectivity index (χ2v) is 5.16. The first-order chi connectivity index (χ1) is 10.3. The number of rotatable bonds is 8. The minimum Gasteiger partial charge on any atom is -0.357 e. The molecule has 0 aliphatic rings. The van der Waals surface area contributed by atoms with Gasteiger partial charge < -0.3 is 16.0 Å². The summed E-state index contributed by atoms with van der Waals surface area (Å²) in [5, 5.41) is 9.19. The lowest BCUT2D eigenvalue weighted by atomic mass is 10.3. The van der Waals surface area contributed by atoms with E-state index in [0.29, 0.717) is 18.7 Å². The monoisotopic (exact) mass is 437 g/mol. The zero-order chi connectivity index (χ0) is 15.3. The van der Waals surface area contributed by atoms with Crippen molar-refractivity contribution in [2.45, 2.75) is 6.92 Å². The van der Waals surface area contributed by atoms with Crippen LogP contribution in [0.2, 0.25) is 0 Å². The topological polar surface area (TPSA) is 78.4 Å². The van der Waals surface area contributed by atoms with E-state index >= 15 is 0 Å². The van der Waals surface area contributed by atoms with Crippen LogP contribution in [-0.4, -0.2) is 55.0 Å². The number of guanidine groups is 1. The Balaban J connectivity index is 0.00000441. The molecule has 0 radical (unpaired) electrons. The van der Waals surface area contributed by atoms with E-state index in [0.717, 1.165) is 24.8 Å². The van der Waals surface area contributed by atoms with Crippen LogP contribution in [0.5, 0.6) is 0 Å². The van der Waals surface area contributed by atoms with Crippen molar-refractivity contribution in [1.82, 2.24) is 20.9 Å². The van der Waals surface area contributed by atoms with E-state index < -0.39 is 0 Å². The summed E-state index contributed by atoms with van der Waals surface area (Å²) in [7, 11) is 0. The number of thioether (sulfide) groups is 1. The summed E-state index contributed by atoms with van der Waals surface area (Å²) in [4.78, 5) is 20.1. The van der Waals surface area contributed by atoms with Gasteiger partial charge in [-0.2, -0.15) is 11.8 Å². The average molecular weight is 437 g/mol. The lowest BCUT2D eigenvalue weighted by Gasteiger charge is -2.11. The molecule has 0 aliphatic heterocycles. The molecular formula is C14H24IN5OS. The average Bonchev–Trinajstić information content (AvgIpc) is 2.52. The molecule has 0 spiro atoms. The minimum absolute atomic E-state index is 0. The smallest absolute Gasteiger partial charge is 0.252 e. The van der Waals surface area contributed by atoms with Crippen LogP contribution >= 0.6 is 35.7 Å². The highest BCUT2D eigenvalue weighted by Gasteiger charge is 2.03. The van der Waals surface area contributed by atoms with Crippen LogP contribution in [-0.2, 0) is 0 Å². The summed E-state index contributed by atoms with van der Waals surface area (Å²) >= 11 is 1.77. The molecule has 1 amide bonds. The molecule has 8 heteroatoms. The largest absolute Gasteiger partial charge is 0.357 e. The maximum Gasteiger partial charge on any atom is 0.252 e. The molecule has 22 heavy (non-hydrogen) atoms. The second kappa shape index (κ2) is 13.6. The quantitative estimate of drug-likeness (QED) is 0.248. The standard InChI is InChI=1S/C14H23N5OS.HI/c1-3-16-14(19-9-10-21-2)18-8-7-17-13(20)12-5-4-6-15-11-12;/h4-6,11H,3,7-10H2,1-2H3,(H,17,20)(H2,16,18,19);1H. The second-order valence-electron chi connectivity index (χ2n) is 4.18. The molecule has 0 saturated heterocycles. The zero-order valence-electron chi connectivity index (χ0n) is 13.0. The van der Waals surface area contributed by atoms with Crippen LogP contribution in [0.4, 0.5) is 0 Å². The number of aromatic nitrogens is 1. The fourth-order valence-corrected chi connectivity index (χ4v) is 1.82. The fraction of sp³-hybridized carbons (Fsp3) is 0.500. The third-order valence-electron chi connectivity index (χ3n) is 2.54. The van der Waals surface area contributed by atoms with E-state index in [2.05, 4.69) is 32.2 Å². The number of carbonyl (C=O) groups excluding carboxylic acids is 1. The van der Waals surface area contributed by atoms with Gasteiger partial charge in [-0.05, 0) is 25.3 Å². The molecule has 3 N–H and O–H groups in total. The molecular weight excluding hydrogens is 413 g/mol. The number of nitrogens with zero attached hydrogens (tertiary/aromatic N) is 2. The van der Waals surface area contributed by atoms with Crippen molar-refractivity contribution in [1.29, 1.82) is 0 Å². The van der Waals surface area contributed by atoms with Gasteiger partial charge >= 0.3 is 0 Å². The van der Waals surface area contributed by atoms with Gasteiger partial charge in [0.2, 0.25) is 0 Å². The van der Waals surface area contributed by atoms with E-state index in [1.165, 1.54) is 0 Å². The maximum absolute atomic E-state index is 11.8. The van der Waals surface area contributed by atoms with E-state index in [4.69, 9.17) is 0 Å². The van der Waals surface area contributed by atoms with Crippen molar-refractivity contribution >= 4 is 47.6 Å². The molecule has 0 saturated carbocycles. The molecule has 6 nitrogen and oxygen atoms in total. The predicted molar refractivity (Wildman–Crippen MR) is 104 cm³/mol. The van der Waals surface area contributed by atoms with E-state index in [-0.39, 0.29) is 29.9 Å². The number of carbonyl (C=O) groups is 1. The molecule has 0 unspecified atom stereocenters. The molecule has 1 aromatic rings. The highest BCUT2D eigenvalue weighted by Crippen LogP contribution is 1.94. The predicted octanol–water partition coefficient (Wildman–Crippen LogP) is 1.35. The molecule has 0 atom stereocenters. The molecule has 0 bridgehead atoms. The number of amides is 1. The molecule has 124 valence electrons. The lowest BCUT2D eigenvalue weighted by molar-refractivity contribution is 0.0954. The van der Waals surface area contributed by atoms with Gasteiger partial charge in [-0.25, -0.2) is 0 Å². The van der Waals surface area contributed by atoms with Crippen LogP contribution in [0.1, 0.15) is 17.3 Å². The summed E-state index contributed by atoms with van der Waals surface area (Å²) < 4.78 is 0. The molecule has 0 aromatic carbocycles. The number of nitrogens with one attached hydrogen (secondary N) is 3. The van der Waals surface area contributed by atoms with E-state index in [1.807, 2.05) is 6.92 Å². The van der Waals surface area contributed by atoms with Crippen molar-refractivity contribution in [2.24, 2.45) is 4.99 Å². The first kappa shape index (κ1) is 21.0. The third kappa shape index (κ3) is 9.08. The molecule has 1 heterocycles. The van der Waals surface area contributed by atoms with Gasteiger partial charge in [0.1, 0.15) is 0 Å². The van der Waals surface area contributed by atoms with Crippen molar-refractivity contribution in [3.05, 3.63) is 30.1 Å². The Hall–Kier alpha value is -1.03. The van der Waals surface area contributed by atoms with Gasteiger partial charge in [0.15, 0.2) is 5.96 Å². The highest BCUT2D eigenvalue weighted by molar-refractivity contribution is 14.0. The van der Waals surface area contributed by atoms with E-state index in [1.54, 1.807) is 36.3 Å². The van der Waals surface area contributed by atoms with Gasteiger partial charge in [0, 0.05) is 37.8 Å². The van der Waals surface area contributed by atoms with E-state index in [9.17, 15) is 4.79 Å². The lowest BCUT2D eigenvalue weighted by Crippen LogP contribution is -2.41. The summed E-state index contributed by atoms with van der Waals surface area (Å²) in [6.45, 7) is 4.76. The van der Waals surface area contributed by atoms with Crippen LogP contribution < -0.4 is 16.0 Å². The van der Waals surface area contributed by atoms with Gasteiger partial charge in [0.05, 0.1) is 12.1 Å². The van der Waals surface area contributed by atoms with Gasteiger partial charge in [-0.15, -0.1) is 24.0 Å². The Morgan fingerprint density at radius 3 is 2.73 bits per heavy atom. The Labute approximate surface area is 153 Å². The number of pyridine rings is 1. The van der Waals surface area contributed by atoms with Crippen molar-refractivity contribution in [3.8, 4) is 0 Å². The normalized spacial score (nSPS) is 10.5. The van der Waals surface area contributed by atoms with Crippen molar-refractivity contribution in [2.75, 3.05) is 38.2 Å². The number of aliphatic imine (C=N–C) groups is 1. The summed E-state index contributed by atoms with van der Waals surface area (Å²) in [6, 6.07) is 3.48. The Morgan fingerprint density at radius 2 is 2.09 bits per heavy atom. The Bertz CT molecular complexity index is 444. The van der Waals surface area contributed by atoms with Gasteiger partial charge in [0.25, 0.3) is 5.91 Å². The van der Waals surface area contributed by atoms with Crippen LogP contribution in [0.25, 0.3) is 0 Å². The number of hydrogen-bond donors (Lipinski definition) is 3. The summed E-state index contributed by atoms with van der Waals surface area (Å²) in [6.07, 6.45) is 5.26. The fourth-order valence-electron chi connectivity index (χ4n) is 1.55. The first-order valence-corrected chi connectivity index (χ1v) is 8.36. The van der Waals surface area contributed by atoms with Crippen LogP contribution in [0.15, 0.2) is 29.5 Å².